The first-order valence-electron chi connectivity index (χ1n) is 14.8. The molecule has 5 nitrogen and oxygen atoms in total. The Bertz CT molecular complexity index is 932. The average Bonchev–Trinajstić information content (AvgIpc) is 3.15. The van der Waals surface area contributed by atoms with Crippen LogP contribution in [0.5, 0.6) is 0 Å². The molecule has 0 aromatic heterocycles. The molecule has 5 aliphatic carbocycles. The second-order valence-electron chi connectivity index (χ2n) is 16.0. The maximum Gasteiger partial charge on any atom is 0.0883 e. The van der Waals surface area contributed by atoms with E-state index in [4.69, 9.17) is 9.47 Å². The molecule has 1 saturated heterocycles. The Labute approximate surface area is 218 Å². The lowest BCUT2D eigenvalue weighted by Gasteiger charge is -2.64. The van der Waals surface area contributed by atoms with E-state index in [1.807, 2.05) is 0 Å². The molecule has 1 heterocycles. The zero-order valence-corrected chi connectivity index (χ0v) is 24.1. The maximum atomic E-state index is 11.8. The van der Waals surface area contributed by atoms with Gasteiger partial charge in [0, 0.05) is 13.0 Å². The van der Waals surface area contributed by atoms with Crippen molar-refractivity contribution in [2.24, 2.45) is 44.8 Å². The fraction of sp³-hybridized carbons (Fsp3) is 1.00. The third kappa shape index (κ3) is 2.81. The van der Waals surface area contributed by atoms with Gasteiger partial charge in [-0.25, -0.2) is 0 Å². The van der Waals surface area contributed by atoms with Crippen molar-refractivity contribution in [1.82, 2.24) is 0 Å². The van der Waals surface area contributed by atoms with Gasteiger partial charge < -0.3 is 24.8 Å². The lowest BCUT2D eigenvalue weighted by atomic mass is 9.41. The van der Waals surface area contributed by atoms with Gasteiger partial charge in [-0.15, -0.1) is 0 Å². The topological polar surface area (TPSA) is 79.2 Å². The van der Waals surface area contributed by atoms with Crippen LogP contribution >= 0.6 is 0 Å². The van der Waals surface area contributed by atoms with Crippen LogP contribution in [0.25, 0.3) is 0 Å². The molecule has 0 radical (unpaired) electrons. The van der Waals surface area contributed by atoms with Gasteiger partial charge in [-0.05, 0) is 117 Å². The monoisotopic (exact) mass is 504 g/mol. The summed E-state index contributed by atoms with van der Waals surface area (Å²) >= 11 is 0. The summed E-state index contributed by atoms with van der Waals surface area (Å²) in [6.45, 7) is 15.8. The van der Waals surface area contributed by atoms with Crippen molar-refractivity contribution in [3.63, 3.8) is 0 Å². The van der Waals surface area contributed by atoms with Gasteiger partial charge in [-0.2, -0.15) is 0 Å². The molecule has 6 fully saturated rings. The summed E-state index contributed by atoms with van der Waals surface area (Å²) in [7, 11) is 1.76. The van der Waals surface area contributed by atoms with Crippen LogP contribution in [0.15, 0.2) is 0 Å². The Morgan fingerprint density at radius 3 is 2.17 bits per heavy atom. The predicted octanol–water partition coefficient (Wildman–Crippen LogP) is 5.09. The number of rotatable bonds is 3. The van der Waals surface area contributed by atoms with Gasteiger partial charge in [0.1, 0.15) is 0 Å². The van der Waals surface area contributed by atoms with Gasteiger partial charge in [0.2, 0.25) is 0 Å². The first kappa shape index (κ1) is 26.0. The summed E-state index contributed by atoms with van der Waals surface area (Å²) in [5.74, 6) is 0.670. The van der Waals surface area contributed by atoms with Crippen LogP contribution in [0.1, 0.15) is 106 Å². The standard InChI is InChI=1S/C31H52O5/c1-25(2)21(34)9-12-31-17-30(31)14-13-27(5)24(29(7)11-10-22(36-29)26(3,4)35-8)19(33)16-28(27,6)20(30)15-18(32)23(25)31/h18-24,32-34H,9-17H2,1-8H3/t18-,19-,20-,21-,22-,23-,24-,27+,28-,29+,30-,31?/m0/s1. The van der Waals surface area contributed by atoms with E-state index in [0.717, 1.165) is 44.9 Å². The Morgan fingerprint density at radius 1 is 0.806 bits per heavy atom. The largest absolute Gasteiger partial charge is 0.393 e. The third-order valence-corrected chi connectivity index (χ3v) is 14.3. The molecular weight excluding hydrogens is 452 g/mol. The van der Waals surface area contributed by atoms with Crippen molar-refractivity contribution >= 4 is 0 Å². The van der Waals surface area contributed by atoms with Crippen molar-refractivity contribution in [2.45, 2.75) is 142 Å². The predicted molar refractivity (Wildman–Crippen MR) is 139 cm³/mol. The van der Waals surface area contributed by atoms with Crippen molar-refractivity contribution in [2.75, 3.05) is 7.11 Å². The smallest absolute Gasteiger partial charge is 0.0883 e. The zero-order valence-electron chi connectivity index (χ0n) is 24.1. The highest BCUT2D eigenvalue weighted by Crippen LogP contribution is 2.89. The molecule has 6 aliphatic rings. The maximum absolute atomic E-state index is 11.8. The number of methoxy groups -OCH3 is 1. The average molecular weight is 505 g/mol. The number of aliphatic hydroxyl groups is 3. The van der Waals surface area contributed by atoms with Crippen LogP contribution in [-0.4, -0.2) is 58.0 Å². The van der Waals surface area contributed by atoms with Crippen LogP contribution in [0, 0.1) is 44.8 Å². The van der Waals surface area contributed by atoms with Crippen molar-refractivity contribution in [3.8, 4) is 0 Å². The fourth-order valence-electron chi connectivity index (χ4n) is 12.3. The summed E-state index contributed by atoms with van der Waals surface area (Å²) in [6.07, 6.45) is 7.86. The van der Waals surface area contributed by atoms with Gasteiger partial charge in [0.25, 0.3) is 0 Å². The van der Waals surface area contributed by atoms with Gasteiger partial charge >= 0.3 is 0 Å². The molecule has 0 bridgehead atoms. The van der Waals surface area contributed by atoms with Gasteiger partial charge in [-0.1, -0.05) is 27.7 Å². The van der Waals surface area contributed by atoms with Crippen molar-refractivity contribution in [3.05, 3.63) is 0 Å². The zero-order chi connectivity index (χ0) is 26.3. The first-order chi connectivity index (χ1) is 16.5. The van der Waals surface area contributed by atoms with E-state index in [-0.39, 0.29) is 68.4 Å². The molecule has 6 rings (SSSR count). The lowest BCUT2D eigenvalue weighted by molar-refractivity contribution is -0.214. The van der Waals surface area contributed by atoms with E-state index in [0.29, 0.717) is 5.92 Å². The molecule has 1 unspecified atom stereocenters. The van der Waals surface area contributed by atoms with E-state index < -0.39 is 6.10 Å². The Hall–Kier alpha value is -0.200. The van der Waals surface area contributed by atoms with Crippen molar-refractivity contribution in [1.29, 1.82) is 0 Å². The summed E-state index contributed by atoms with van der Waals surface area (Å²) in [6, 6.07) is 0. The molecule has 2 spiro atoms. The van der Waals surface area contributed by atoms with Gasteiger partial charge in [0.15, 0.2) is 0 Å². The Kier molecular flexibility index (Phi) is 5.28. The Morgan fingerprint density at radius 2 is 1.50 bits per heavy atom. The number of aliphatic hydroxyl groups excluding tert-OH is 3. The quantitative estimate of drug-likeness (QED) is 0.499. The number of fused-ring (bicyclic) bond motifs is 2. The molecule has 206 valence electrons. The summed E-state index contributed by atoms with van der Waals surface area (Å²) < 4.78 is 12.7. The minimum Gasteiger partial charge on any atom is -0.393 e. The van der Waals surface area contributed by atoms with Crippen LogP contribution in [0.3, 0.4) is 0 Å². The second kappa shape index (κ2) is 7.30. The molecule has 1 aliphatic heterocycles. The normalized spacial score (nSPS) is 59.6. The highest BCUT2D eigenvalue weighted by molar-refractivity contribution is 5.33. The van der Waals surface area contributed by atoms with E-state index >= 15 is 0 Å². The molecular formula is C31H52O5. The highest BCUT2D eigenvalue weighted by Gasteiger charge is 2.84. The number of hydrogen-bond acceptors (Lipinski definition) is 5. The minimum atomic E-state index is -0.390. The summed E-state index contributed by atoms with van der Waals surface area (Å²) in [5.41, 5.74) is -0.619. The van der Waals surface area contributed by atoms with Crippen LogP contribution in [0.2, 0.25) is 0 Å². The van der Waals surface area contributed by atoms with Crippen LogP contribution < -0.4 is 0 Å². The molecule has 12 atom stereocenters. The molecule has 36 heavy (non-hydrogen) atoms. The highest BCUT2D eigenvalue weighted by atomic mass is 16.6. The first-order valence-corrected chi connectivity index (χ1v) is 14.8. The van der Waals surface area contributed by atoms with Crippen molar-refractivity contribution < 1.29 is 24.8 Å². The van der Waals surface area contributed by atoms with E-state index in [1.165, 1.54) is 12.8 Å². The second-order valence-corrected chi connectivity index (χ2v) is 16.0. The molecule has 0 aromatic carbocycles. The Balaban J connectivity index is 1.35. The number of ether oxygens (including phenoxy) is 2. The van der Waals surface area contributed by atoms with Gasteiger partial charge in [0.05, 0.1) is 35.6 Å². The SMILES string of the molecule is COC(C)(C)[C@@H]1CC[C@](C)([C@H]2[C@@H](O)C[C@@]3(C)[C@@H]4C[C@H](O)[C@H]5C(C)(C)[C@@H](O)CCC56C[C@@]46CC[C@]23C)O1. The fourth-order valence-corrected chi connectivity index (χ4v) is 12.3. The van der Waals surface area contributed by atoms with E-state index in [2.05, 4.69) is 48.5 Å². The van der Waals surface area contributed by atoms with E-state index in [9.17, 15) is 15.3 Å². The molecule has 3 N–H and O–H groups in total. The molecule has 0 aromatic rings. The third-order valence-electron chi connectivity index (χ3n) is 14.3. The van der Waals surface area contributed by atoms with Crippen LogP contribution in [0.4, 0.5) is 0 Å². The van der Waals surface area contributed by atoms with E-state index in [1.54, 1.807) is 7.11 Å². The lowest BCUT2D eigenvalue weighted by Crippen LogP contribution is -2.62. The summed E-state index contributed by atoms with van der Waals surface area (Å²) in [5, 5.41) is 34.5. The minimum absolute atomic E-state index is 0.0324. The molecule has 5 heteroatoms. The van der Waals surface area contributed by atoms with Crippen LogP contribution in [-0.2, 0) is 9.47 Å². The van der Waals surface area contributed by atoms with Gasteiger partial charge in [-0.3, -0.25) is 0 Å². The summed E-state index contributed by atoms with van der Waals surface area (Å²) in [4.78, 5) is 0. The molecule has 0 amide bonds. The number of hydrogen-bond donors (Lipinski definition) is 3. The molecule has 5 saturated carbocycles.